The molecule has 1 rings (SSSR count). The SMILES string of the molecule is CC(C)N(CCC(N)=S)c1nc(C(C)(C)C)ns1. The van der Waals surface area contributed by atoms with Crippen molar-refractivity contribution < 1.29 is 0 Å². The lowest BCUT2D eigenvalue weighted by molar-refractivity contribution is 0.553. The molecule has 0 aliphatic rings. The molecule has 0 atom stereocenters. The first-order valence-corrected chi connectivity index (χ1v) is 7.29. The van der Waals surface area contributed by atoms with Gasteiger partial charge in [0.2, 0.25) is 5.13 Å². The van der Waals surface area contributed by atoms with Gasteiger partial charge in [0, 0.05) is 36.0 Å². The van der Waals surface area contributed by atoms with Crippen molar-refractivity contribution in [2.75, 3.05) is 11.4 Å². The largest absolute Gasteiger partial charge is 0.393 e. The molecule has 1 heterocycles. The minimum atomic E-state index is -0.0133. The topological polar surface area (TPSA) is 55.0 Å². The van der Waals surface area contributed by atoms with Gasteiger partial charge in [0.1, 0.15) is 5.82 Å². The van der Waals surface area contributed by atoms with E-state index >= 15 is 0 Å². The fourth-order valence-corrected chi connectivity index (χ4v) is 2.55. The summed E-state index contributed by atoms with van der Waals surface area (Å²) in [6.07, 6.45) is 0.706. The van der Waals surface area contributed by atoms with Crippen molar-refractivity contribution in [1.29, 1.82) is 0 Å². The number of aromatic nitrogens is 2. The van der Waals surface area contributed by atoms with Crippen LogP contribution in [-0.2, 0) is 5.41 Å². The normalized spacial score (nSPS) is 11.9. The van der Waals surface area contributed by atoms with Gasteiger partial charge in [-0.2, -0.15) is 4.37 Å². The van der Waals surface area contributed by atoms with Crippen LogP contribution in [0.25, 0.3) is 0 Å². The Hall–Kier alpha value is -0.750. The van der Waals surface area contributed by atoms with Gasteiger partial charge in [0.25, 0.3) is 0 Å². The highest BCUT2D eigenvalue weighted by Crippen LogP contribution is 2.26. The summed E-state index contributed by atoms with van der Waals surface area (Å²) in [5.41, 5.74) is 5.55. The van der Waals surface area contributed by atoms with Crippen molar-refractivity contribution in [1.82, 2.24) is 9.36 Å². The zero-order valence-corrected chi connectivity index (χ0v) is 13.4. The van der Waals surface area contributed by atoms with Crippen LogP contribution in [0.5, 0.6) is 0 Å². The summed E-state index contributed by atoms with van der Waals surface area (Å²) in [6, 6.07) is 0.361. The van der Waals surface area contributed by atoms with Crippen molar-refractivity contribution in [3.05, 3.63) is 5.82 Å². The molecule has 18 heavy (non-hydrogen) atoms. The Balaban J connectivity index is 2.86. The summed E-state index contributed by atoms with van der Waals surface area (Å²) in [5, 5.41) is 0.950. The average Bonchev–Trinajstić information content (AvgIpc) is 2.65. The highest BCUT2D eigenvalue weighted by molar-refractivity contribution is 7.80. The van der Waals surface area contributed by atoms with E-state index in [1.54, 1.807) is 0 Å². The van der Waals surface area contributed by atoms with Gasteiger partial charge in [-0.1, -0.05) is 33.0 Å². The Morgan fingerprint density at radius 1 is 1.44 bits per heavy atom. The van der Waals surface area contributed by atoms with Crippen molar-refractivity contribution in [2.24, 2.45) is 5.73 Å². The predicted octanol–water partition coefficient (Wildman–Crippen LogP) is 2.73. The Bertz CT molecular complexity index is 406. The lowest BCUT2D eigenvalue weighted by atomic mass is 9.96. The summed E-state index contributed by atoms with van der Waals surface area (Å²) in [5.74, 6) is 0.892. The van der Waals surface area contributed by atoms with Crippen molar-refractivity contribution in [2.45, 2.75) is 52.5 Å². The quantitative estimate of drug-likeness (QED) is 0.844. The zero-order chi connectivity index (χ0) is 13.9. The summed E-state index contributed by atoms with van der Waals surface area (Å²) in [6.45, 7) is 11.4. The van der Waals surface area contributed by atoms with Crippen LogP contribution in [0.2, 0.25) is 0 Å². The minimum absolute atomic E-state index is 0.0133. The van der Waals surface area contributed by atoms with Crippen LogP contribution in [0.4, 0.5) is 5.13 Å². The van der Waals surface area contributed by atoms with E-state index < -0.39 is 0 Å². The molecule has 0 aliphatic heterocycles. The number of hydrogen-bond acceptors (Lipinski definition) is 5. The van der Waals surface area contributed by atoms with Gasteiger partial charge in [-0.25, -0.2) is 4.98 Å². The molecule has 0 aliphatic carbocycles. The van der Waals surface area contributed by atoms with E-state index in [1.807, 2.05) is 0 Å². The van der Waals surface area contributed by atoms with Crippen molar-refractivity contribution in [3.8, 4) is 0 Å². The molecule has 0 radical (unpaired) electrons. The average molecular weight is 286 g/mol. The summed E-state index contributed by atoms with van der Waals surface area (Å²) >= 11 is 6.38. The number of rotatable bonds is 5. The molecule has 102 valence electrons. The molecule has 2 N–H and O–H groups in total. The Morgan fingerprint density at radius 2 is 2.06 bits per heavy atom. The number of nitrogens with zero attached hydrogens (tertiary/aromatic N) is 3. The van der Waals surface area contributed by atoms with Gasteiger partial charge in [0.15, 0.2) is 0 Å². The van der Waals surface area contributed by atoms with Crippen molar-refractivity contribution in [3.63, 3.8) is 0 Å². The molecule has 0 bridgehead atoms. The number of thiocarbonyl (C=S) groups is 1. The first-order valence-electron chi connectivity index (χ1n) is 6.11. The van der Waals surface area contributed by atoms with Crippen molar-refractivity contribution >= 4 is 33.9 Å². The molecule has 0 unspecified atom stereocenters. The van der Waals surface area contributed by atoms with E-state index in [9.17, 15) is 0 Å². The Labute approximate surface area is 119 Å². The molecular weight excluding hydrogens is 264 g/mol. The van der Waals surface area contributed by atoms with E-state index in [1.165, 1.54) is 11.5 Å². The van der Waals surface area contributed by atoms with E-state index in [0.717, 1.165) is 17.5 Å². The molecule has 0 fully saturated rings. The summed E-state index contributed by atoms with van der Waals surface area (Å²) < 4.78 is 4.44. The first kappa shape index (κ1) is 15.3. The monoisotopic (exact) mass is 286 g/mol. The Morgan fingerprint density at radius 3 is 2.44 bits per heavy atom. The standard InChI is InChI=1S/C12H22N4S2/c1-8(2)16(7-6-9(13)17)11-14-10(15-18-11)12(3,4)5/h8H,6-7H2,1-5H3,(H2,13,17). The molecule has 1 aromatic heterocycles. The number of nitrogens with two attached hydrogens (primary N) is 1. The van der Waals surface area contributed by atoms with Crippen LogP contribution in [0.15, 0.2) is 0 Å². The van der Waals surface area contributed by atoms with Gasteiger partial charge in [-0.3, -0.25) is 0 Å². The molecule has 0 spiro atoms. The first-order chi connectivity index (χ1) is 8.21. The molecule has 1 aromatic rings. The van der Waals surface area contributed by atoms with Crippen LogP contribution in [0, 0.1) is 0 Å². The molecule has 4 nitrogen and oxygen atoms in total. The second-order valence-corrected chi connectivity index (χ2v) is 6.91. The zero-order valence-electron chi connectivity index (χ0n) is 11.7. The highest BCUT2D eigenvalue weighted by Gasteiger charge is 2.22. The molecular formula is C12H22N4S2. The van der Waals surface area contributed by atoms with Crippen LogP contribution in [0.1, 0.15) is 46.9 Å². The van der Waals surface area contributed by atoms with Crippen LogP contribution in [-0.4, -0.2) is 26.9 Å². The minimum Gasteiger partial charge on any atom is -0.393 e. The number of hydrogen-bond donors (Lipinski definition) is 1. The lowest BCUT2D eigenvalue weighted by Gasteiger charge is -2.25. The van der Waals surface area contributed by atoms with Gasteiger partial charge >= 0.3 is 0 Å². The predicted molar refractivity (Wildman–Crippen MR) is 82.5 cm³/mol. The fourth-order valence-electron chi connectivity index (χ4n) is 1.44. The summed E-state index contributed by atoms with van der Waals surface area (Å²) in [4.78, 5) is 7.37. The van der Waals surface area contributed by atoms with E-state index in [0.29, 0.717) is 17.5 Å². The van der Waals surface area contributed by atoms with Gasteiger partial charge in [-0.15, -0.1) is 0 Å². The second-order valence-electron chi connectivity index (χ2n) is 5.65. The molecule has 6 heteroatoms. The Kier molecular flexibility index (Phi) is 5.04. The smallest absolute Gasteiger partial charge is 0.205 e. The van der Waals surface area contributed by atoms with Crippen LogP contribution in [0.3, 0.4) is 0 Å². The molecule has 0 saturated heterocycles. The van der Waals surface area contributed by atoms with Crippen LogP contribution < -0.4 is 10.6 Å². The fraction of sp³-hybridized carbons (Fsp3) is 0.750. The maximum absolute atomic E-state index is 5.57. The van der Waals surface area contributed by atoms with Crippen LogP contribution >= 0.6 is 23.8 Å². The van der Waals surface area contributed by atoms with Gasteiger partial charge < -0.3 is 10.6 Å². The molecule has 0 saturated carbocycles. The molecule has 0 amide bonds. The third-order valence-corrected chi connectivity index (χ3v) is 3.51. The van der Waals surface area contributed by atoms with E-state index in [2.05, 4.69) is 48.9 Å². The second kappa shape index (κ2) is 5.93. The third kappa shape index (κ3) is 4.17. The maximum atomic E-state index is 5.57. The maximum Gasteiger partial charge on any atom is 0.205 e. The number of anilines is 1. The lowest BCUT2D eigenvalue weighted by Crippen LogP contribution is -2.33. The van der Waals surface area contributed by atoms with E-state index in [-0.39, 0.29) is 5.41 Å². The molecule has 0 aromatic carbocycles. The van der Waals surface area contributed by atoms with Gasteiger partial charge in [0.05, 0.1) is 4.99 Å². The van der Waals surface area contributed by atoms with Gasteiger partial charge in [-0.05, 0) is 13.8 Å². The third-order valence-electron chi connectivity index (χ3n) is 2.55. The van der Waals surface area contributed by atoms with E-state index in [4.69, 9.17) is 18.0 Å². The summed E-state index contributed by atoms with van der Waals surface area (Å²) in [7, 11) is 0. The highest BCUT2D eigenvalue weighted by atomic mass is 32.1.